The number of hydrogen-bond donors (Lipinski definition) is 0. The molecule has 0 N–H and O–H groups in total. The lowest BCUT2D eigenvalue weighted by Gasteiger charge is -2.16. The van der Waals surface area contributed by atoms with Gasteiger partial charge < -0.3 is 0 Å². The van der Waals surface area contributed by atoms with Gasteiger partial charge in [-0.05, 0) is 47.6 Å². The minimum atomic E-state index is 0.193. The highest BCUT2D eigenvalue weighted by Crippen LogP contribution is 2.34. The first-order valence-electron chi connectivity index (χ1n) is 8.34. The minimum absolute atomic E-state index is 0.193. The summed E-state index contributed by atoms with van der Waals surface area (Å²) in [7, 11) is 0. The third-order valence-electron chi connectivity index (χ3n) is 4.79. The second-order valence-corrected chi connectivity index (χ2v) is 6.25. The predicted molar refractivity (Wildman–Crippen MR) is 89.0 cm³/mol. The molecular formula is C20H24O. The highest BCUT2D eigenvalue weighted by Gasteiger charge is 2.23. The minimum Gasteiger partial charge on any atom is -0.294 e. The van der Waals surface area contributed by atoms with Crippen molar-refractivity contribution in [3.05, 3.63) is 47.0 Å². The highest BCUT2D eigenvalue weighted by atomic mass is 16.1. The molecule has 2 aromatic rings. The second kappa shape index (κ2) is 6.01. The summed E-state index contributed by atoms with van der Waals surface area (Å²) in [4.78, 5) is 13.0. The van der Waals surface area contributed by atoms with E-state index in [-0.39, 0.29) is 5.92 Å². The number of benzene rings is 2. The van der Waals surface area contributed by atoms with Crippen LogP contribution in [0, 0.1) is 5.92 Å². The van der Waals surface area contributed by atoms with E-state index in [1.54, 1.807) is 0 Å². The van der Waals surface area contributed by atoms with Gasteiger partial charge in [-0.1, -0.05) is 57.0 Å². The van der Waals surface area contributed by atoms with E-state index in [1.807, 2.05) is 0 Å². The fourth-order valence-corrected chi connectivity index (χ4v) is 3.79. The molecule has 0 spiro atoms. The Balaban J connectivity index is 2.06. The summed E-state index contributed by atoms with van der Waals surface area (Å²) in [5.74, 6) is 0.549. The van der Waals surface area contributed by atoms with E-state index in [1.165, 1.54) is 21.9 Å². The van der Waals surface area contributed by atoms with Crippen molar-refractivity contribution in [2.24, 2.45) is 5.92 Å². The van der Waals surface area contributed by atoms with E-state index in [9.17, 15) is 4.79 Å². The van der Waals surface area contributed by atoms with Gasteiger partial charge in [0.2, 0.25) is 0 Å². The van der Waals surface area contributed by atoms with Crippen LogP contribution >= 0.6 is 0 Å². The first-order chi connectivity index (χ1) is 10.3. The molecule has 21 heavy (non-hydrogen) atoms. The maximum atomic E-state index is 13.0. The van der Waals surface area contributed by atoms with Crippen LogP contribution in [0.3, 0.4) is 0 Å². The Morgan fingerprint density at radius 3 is 2.33 bits per heavy atom. The van der Waals surface area contributed by atoms with Crippen molar-refractivity contribution in [2.75, 3.05) is 0 Å². The van der Waals surface area contributed by atoms with Crippen molar-refractivity contribution in [1.82, 2.24) is 0 Å². The molecule has 1 heteroatoms. The van der Waals surface area contributed by atoms with E-state index < -0.39 is 0 Å². The van der Waals surface area contributed by atoms with Gasteiger partial charge in [0.05, 0.1) is 0 Å². The summed E-state index contributed by atoms with van der Waals surface area (Å²) >= 11 is 0. The van der Waals surface area contributed by atoms with Gasteiger partial charge in [-0.25, -0.2) is 0 Å². The summed E-state index contributed by atoms with van der Waals surface area (Å²) in [6, 6.07) is 10.7. The van der Waals surface area contributed by atoms with Crippen molar-refractivity contribution in [3.63, 3.8) is 0 Å². The Bertz CT molecular complexity index is 653. The molecule has 1 nitrogen and oxygen atoms in total. The number of ketones is 1. The summed E-state index contributed by atoms with van der Waals surface area (Å²) in [6.07, 6.45) is 6.43. The number of hydrogen-bond acceptors (Lipinski definition) is 1. The van der Waals surface area contributed by atoms with Crippen LogP contribution in [-0.4, -0.2) is 5.78 Å². The van der Waals surface area contributed by atoms with Crippen LogP contribution in [0.15, 0.2) is 30.3 Å². The molecule has 0 unspecified atom stereocenters. The molecule has 110 valence electrons. The van der Waals surface area contributed by atoms with Crippen LogP contribution in [0.1, 0.15) is 61.0 Å². The van der Waals surface area contributed by atoms with E-state index in [4.69, 9.17) is 0 Å². The van der Waals surface area contributed by atoms with E-state index in [2.05, 4.69) is 44.2 Å². The largest absolute Gasteiger partial charge is 0.294 e. The lowest BCUT2D eigenvalue weighted by molar-refractivity contribution is 0.0906. The summed E-state index contributed by atoms with van der Waals surface area (Å²) in [6.45, 7) is 4.34. The Kier molecular flexibility index (Phi) is 4.10. The maximum absolute atomic E-state index is 13.0. The zero-order valence-corrected chi connectivity index (χ0v) is 13.1. The molecule has 2 aromatic carbocycles. The Morgan fingerprint density at radius 2 is 1.67 bits per heavy atom. The summed E-state index contributed by atoms with van der Waals surface area (Å²) in [5, 5.41) is 2.54. The third kappa shape index (κ3) is 2.50. The molecule has 0 atom stereocenters. The molecule has 0 aliphatic heterocycles. The molecule has 0 bridgehead atoms. The van der Waals surface area contributed by atoms with E-state index in [0.717, 1.165) is 44.1 Å². The molecule has 0 radical (unpaired) electrons. The zero-order valence-electron chi connectivity index (χ0n) is 13.1. The monoisotopic (exact) mass is 280 g/mol. The van der Waals surface area contributed by atoms with Crippen molar-refractivity contribution >= 4 is 16.6 Å². The number of carbonyl (C=O) groups excluding carboxylic acids is 1. The smallest absolute Gasteiger partial charge is 0.166 e. The van der Waals surface area contributed by atoms with Gasteiger partial charge in [-0.15, -0.1) is 0 Å². The van der Waals surface area contributed by atoms with Gasteiger partial charge in [0.25, 0.3) is 0 Å². The number of aryl methyl sites for hydroxylation is 2. The predicted octanol–water partition coefficient (Wildman–Crippen LogP) is 5.34. The normalized spacial score (nSPS) is 13.3. The van der Waals surface area contributed by atoms with Crippen molar-refractivity contribution in [2.45, 2.75) is 52.4 Å². The number of Topliss-reactive ketones (excluding diaryl/α,β-unsaturated/α-hetero) is 1. The Labute approximate surface area is 127 Å². The average Bonchev–Trinajstić information content (AvgIpc) is 2.92. The Hall–Kier alpha value is -1.63. The molecule has 0 heterocycles. The molecule has 0 saturated heterocycles. The zero-order chi connectivity index (χ0) is 14.8. The first kappa shape index (κ1) is 14.3. The quantitative estimate of drug-likeness (QED) is 0.653. The number of rotatable bonds is 6. The van der Waals surface area contributed by atoms with Crippen LogP contribution in [-0.2, 0) is 12.8 Å². The fraction of sp³-hybridized carbons (Fsp3) is 0.450. The topological polar surface area (TPSA) is 17.1 Å². The fourth-order valence-electron chi connectivity index (χ4n) is 3.79. The molecule has 1 aliphatic rings. The number of carbonyl (C=O) groups is 1. The SMILES string of the molecule is CCCC(CCC)C(=O)c1ccc2c3c(cccc13)CC2. The van der Waals surface area contributed by atoms with Gasteiger partial charge >= 0.3 is 0 Å². The van der Waals surface area contributed by atoms with Crippen LogP contribution in [0.4, 0.5) is 0 Å². The molecule has 0 amide bonds. The van der Waals surface area contributed by atoms with Gasteiger partial charge in [0, 0.05) is 11.5 Å². The third-order valence-corrected chi connectivity index (χ3v) is 4.79. The van der Waals surface area contributed by atoms with Crippen molar-refractivity contribution in [3.8, 4) is 0 Å². The summed E-state index contributed by atoms with van der Waals surface area (Å²) < 4.78 is 0. The van der Waals surface area contributed by atoms with Crippen LogP contribution in [0.25, 0.3) is 10.8 Å². The van der Waals surface area contributed by atoms with Crippen molar-refractivity contribution in [1.29, 1.82) is 0 Å². The highest BCUT2D eigenvalue weighted by molar-refractivity contribution is 6.10. The molecule has 0 fully saturated rings. The van der Waals surface area contributed by atoms with Gasteiger partial charge in [0.15, 0.2) is 5.78 Å². The van der Waals surface area contributed by atoms with Gasteiger partial charge in [-0.2, -0.15) is 0 Å². The van der Waals surface area contributed by atoms with Crippen LogP contribution < -0.4 is 0 Å². The average molecular weight is 280 g/mol. The lowest BCUT2D eigenvalue weighted by atomic mass is 9.87. The van der Waals surface area contributed by atoms with Crippen LogP contribution in [0.5, 0.6) is 0 Å². The maximum Gasteiger partial charge on any atom is 0.166 e. The molecule has 1 aliphatic carbocycles. The van der Waals surface area contributed by atoms with Crippen molar-refractivity contribution < 1.29 is 4.79 Å². The molecule has 0 saturated carbocycles. The Morgan fingerprint density at radius 1 is 1.00 bits per heavy atom. The first-order valence-corrected chi connectivity index (χ1v) is 8.34. The molecule has 3 rings (SSSR count). The van der Waals surface area contributed by atoms with E-state index >= 15 is 0 Å². The van der Waals surface area contributed by atoms with Gasteiger partial charge in [-0.3, -0.25) is 4.79 Å². The van der Waals surface area contributed by atoms with Crippen LogP contribution in [0.2, 0.25) is 0 Å². The standard InChI is InChI=1S/C20H24O/c1-3-6-16(7-4-2)20(21)18-13-12-15-11-10-14-8-5-9-17(18)19(14)15/h5,8-9,12-13,16H,3-4,6-7,10-11H2,1-2H3. The second-order valence-electron chi connectivity index (χ2n) is 6.25. The molecule has 0 aromatic heterocycles. The summed E-state index contributed by atoms with van der Waals surface area (Å²) in [5.41, 5.74) is 3.78. The lowest BCUT2D eigenvalue weighted by Crippen LogP contribution is -2.15. The van der Waals surface area contributed by atoms with Gasteiger partial charge in [0.1, 0.15) is 0 Å². The molecular weight excluding hydrogens is 256 g/mol. The van der Waals surface area contributed by atoms with E-state index in [0.29, 0.717) is 5.78 Å².